The molecular formula is C17H14ClN3O. The molecule has 0 spiro atoms. The Morgan fingerprint density at radius 1 is 1.18 bits per heavy atom. The highest BCUT2D eigenvalue weighted by Crippen LogP contribution is 2.32. The first-order valence-corrected chi connectivity index (χ1v) is 7.63. The van der Waals surface area contributed by atoms with Crippen LogP contribution in [0.25, 0.3) is 22.0 Å². The van der Waals surface area contributed by atoms with Crippen LogP contribution in [0.2, 0.25) is 5.02 Å². The minimum atomic E-state index is 0.0623. The summed E-state index contributed by atoms with van der Waals surface area (Å²) in [5.41, 5.74) is 3.00. The molecule has 22 heavy (non-hydrogen) atoms. The van der Waals surface area contributed by atoms with Crippen molar-refractivity contribution in [1.82, 2.24) is 10.2 Å². The van der Waals surface area contributed by atoms with Crippen LogP contribution >= 0.6 is 11.6 Å². The number of benzene rings is 2. The van der Waals surface area contributed by atoms with Gasteiger partial charge in [0.15, 0.2) is 5.82 Å². The van der Waals surface area contributed by atoms with Gasteiger partial charge >= 0.3 is 0 Å². The number of aromatic nitrogens is 2. The van der Waals surface area contributed by atoms with Gasteiger partial charge in [0.1, 0.15) is 0 Å². The smallest absolute Gasteiger partial charge is 0.228 e. The number of carbonyl (C=O) groups excluding carboxylic acids is 1. The predicted octanol–water partition coefficient (Wildman–Crippen LogP) is 4.23. The van der Waals surface area contributed by atoms with Crippen LogP contribution in [0.15, 0.2) is 42.5 Å². The largest absolute Gasteiger partial charge is 0.308 e. The minimum Gasteiger partial charge on any atom is -0.308 e. The third-order valence-electron chi connectivity index (χ3n) is 3.91. The number of fused-ring (bicyclic) bond motifs is 1. The van der Waals surface area contributed by atoms with Crippen LogP contribution in [-0.2, 0) is 4.79 Å². The zero-order chi connectivity index (χ0) is 15.1. The van der Waals surface area contributed by atoms with Crippen molar-refractivity contribution in [3.8, 4) is 11.1 Å². The SMILES string of the molecule is O=C(Nc1n[nH]c2cc(-c3cccc(Cl)c3)ccc12)C1CC1. The lowest BCUT2D eigenvalue weighted by Gasteiger charge is -2.03. The normalized spacial score (nSPS) is 14.2. The molecule has 1 amide bonds. The zero-order valence-corrected chi connectivity index (χ0v) is 12.5. The van der Waals surface area contributed by atoms with Gasteiger partial charge in [0.2, 0.25) is 5.91 Å². The number of hydrogen-bond donors (Lipinski definition) is 2. The van der Waals surface area contributed by atoms with Crippen molar-refractivity contribution >= 4 is 34.2 Å². The second-order valence-corrected chi connectivity index (χ2v) is 6.04. The molecule has 0 saturated heterocycles. The van der Waals surface area contributed by atoms with Gasteiger partial charge in [-0.05, 0) is 48.2 Å². The van der Waals surface area contributed by atoms with Crippen molar-refractivity contribution in [3.05, 3.63) is 47.5 Å². The molecule has 1 saturated carbocycles. The minimum absolute atomic E-state index is 0.0623. The molecule has 3 aromatic rings. The lowest BCUT2D eigenvalue weighted by molar-refractivity contribution is -0.117. The summed E-state index contributed by atoms with van der Waals surface area (Å²) in [6.07, 6.45) is 1.96. The van der Waals surface area contributed by atoms with E-state index < -0.39 is 0 Å². The summed E-state index contributed by atoms with van der Waals surface area (Å²) >= 11 is 6.04. The van der Waals surface area contributed by atoms with E-state index in [2.05, 4.69) is 15.5 Å². The number of carbonyl (C=O) groups is 1. The molecule has 5 heteroatoms. The number of anilines is 1. The van der Waals surface area contributed by atoms with E-state index in [0.717, 1.165) is 34.9 Å². The molecular weight excluding hydrogens is 298 g/mol. The van der Waals surface area contributed by atoms with Crippen molar-refractivity contribution in [1.29, 1.82) is 0 Å². The average molecular weight is 312 g/mol. The molecule has 110 valence electrons. The molecule has 4 rings (SSSR count). The molecule has 1 fully saturated rings. The molecule has 1 aliphatic rings. The number of aromatic amines is 1. The van der Waals surface area contributed by atoms with Crippen molar-refractivity contribution in [2.24, 2.45) is 5.92 Å². The second kappa shape index (κ2) is 5.14. The number of hydrogen-bond acceptors (Lipinski definition) is 2. The molecule has 0 unspecified atom stereocenters. The van der Waals surface area contributed by atoms with E-state index in [1.807, 2.05) is 42.5 Å². The monoisotopic (exact) mass is 311 g/mol. The predicted molar refractivity (Wildman–Crippen MR) is 87.9 cm³/mol. The molecule has 1 aromatic heterocycles. The third kappa shape index (κ3) is 2.46. The van der Waals surface area contributed by atoms with E-state index in [-0.39, 0.29) is 11.8 Å². The van der Waals surface area contributed by atoms with E-state index in [4.69, 9.17) is 11.6 Å². The molecule has 0 aliphatic heterocycles. The number of halogens is 1. The molecule has 2 N–H and O–H groups in total. The molecule has 0 atom stereocenters. The van der Waals surface area contributed by atoms with Gasteiger partial charge < -0.3 is 5.32 Å². The first-order valence-electron chi connectivity index (χ1n) is 7.25. The topological polar surface area (TPSA) is 57.8 Å². The third-order valence-corrected chi connectivity index (χ3v) is 4.15. The summed E-state index contributed by atoms with van der Waals surface area (Å²) in [7, 11) is 0. The fourth-order valence-corrected chi connectivity index (χ4v) is 2.72. The second-order valence-electron chi connectivity index (χ2n) is 5.61. The number of nitrogens with zero attached hydrogens (tertiary/aromatic N) is 1. The number of nitrogens with one attached hydrogen (secondary N) is 2. The van der Waals surface area contributed by atoms with Crippen molar-refractivity contribution < 1.29 is 4.79 Å². The van der Waals surface area contributed by atoms with E-state index in [0.29, 0.717) is 10.8 Å². The number of H-pyrrole nitrogens is 1. The van der Waals surface area contributed by atoms with Crippen LogP contribution < -0.4 is 5.32 Å². The van der Waals surface area contributed by atoms with Gasteiger partial charge in [0.25, 0.3) is 0 Å². The van der Waals surface area contributed by atoms with Crippen LogP contribution in [0.4, 0.5) is 5.82 Å². The Balaban J connectivity index is 1.68. The highest BCUT2D eigenvalue weighted by atomic mass is 35.5. The van der Waals surface area contributed by atoms with Crippen molar-refractivity contribution in [2.75, 3.05) is 5.32 Å². The van der Waals surface area contributed by atoms with Gasteiger partial charge in [-0.3, -0.25) is 9.89 Å². The maximum atomic E-state index is 11.9. The zero-order valence-electron chi connectivity index (χ0n) is 11.8. The summed E-state index contributed by atoms with van der Waals surface area (Å²) in [6, 6.07) is 13.7. The quantitative estimate of drug-likeness (QED) is 0.760. The first kappa shape index (κ1) is 13.3. The van der Waals surface area contributed by atoms with Crippen LogP contribution in [0.5, 0.6) is 0 Å². The highest BCUT2D eigenvalue weighted by molar-refractivity contribution is 6.30. The van der Waals surface area contributed by atoms with Gasteiger partial charge in [-0.15, -0.1) is 0 Å². The lowest BCUT2D eigenvalue weighted by Crippen LogP contribution is -2.13. The molecule has 1 aliphatic carbocycles. The Morgan fingerprint density at radius 3 is 2.77 bits per heavy atom. The fourth-order valence-electron chi connectivity index (χ4n) is 2.53. The van der Waals surface area contributed by atoms with Gasteiger partial charge in [0.05, 0.1) is 5.52 Å². The average Bonchev–Trinajstić information content (AvgIpc) is 3.30. The van der Waals surface area contributed by atoms with Gasteiger partial charge in [-0.25, -0.2) is 0 Å². The van der Waals surface area contributed by atoms with Crippen molar-refractivity contribution in [3.63, 3.8) is 0 Å². The van der Waals surface area contributed by atoms with Crippen molar-refractivity contribution in [2.45, 2.75) is 12.8 Å². The van der Waals surface area contributed by atoms with Gasteiger partial charge in [0, 0.05) is 16.3 Å². The maximum absolute atomic E-state index is 11.9. The van der Waals surface area contributed by atoms with Gasteiger partial charge in [-0.2, -0.15) is 5.10 Å². The Labute approximate surface area is 132 Å². The first-order chi connectivity index (χ1) is 10.7. The molecule has 4 nitrogen and oxygen atoms in total. The van der Waals surface area contributed by atoms with E-state index in [9.17, 15) is 4.79 Å². The Kier molecular flexibility index (Phi) is 3.12. The van der Waals surface area contributed by atoms with Crippen LogP contribution in [0.1, 0.15) is 12.8 Å². The number of amides is 1. The van der Waals surface area contributed by atoms with Crippen LogP contribution in [0.3, 0.4) is 0 Å². The summed E-state index contributed by atoms with van der Waals surface area (Å²) in [5.74, 6) is 0.828. The molecule has 0 radical (unpaired) electrons. The van der Waals surface area contributed by atoms with E-state index in [1.54, 1.807) is 0 Å². The Morgan fingerprint density at radius 2 is 2.00 bits per heavy atom. The molecule has 2 aromatic carbocycles. The van der Waals surface area contributed by atoms with Crippen LogP contribution in [0, 0.1) is 5.92 Å². The number of rotatable bonds is 3. The van der Waals surface area contributed by atoms with Crippen LogP contribution in [-0.4, -0.2) is 16.1 Å². The van der Waals surface area contributed by atoms with E-state index in [1.165, 1.54) is 0 Å². The molecule has 1 heterocycles. The maximum Gasteiger partial charge on any atom is 0.228 e. The lowest BCUT2D eigenvalue weighted by atomic mass is 10.0. The standard InChI is InChI=1S/C17H14ClN3O/c18-13-3-1-2-11(8-13)12-6-7-14-15(9-12)20-21-16(14)19-17(22)10-4-5-10/h1-3,6-10H,4-5H2,(H2,19,20,21,22). The Hall–Kier alpha value is -2.33. The Bertz CT molecular complexity index is 867. The fraction of sp³-hybridized carbons (Fsp3) is 0.176. The summed E-state index contributed by atoms with van der Waals surface area (Å²) in [5, 5.41) is 11.7. The highest BCUT2D eigenvalue weighted by Gasteiger charge is 2.30. The summed E-state index contributed by atoms with van der Waals surface area (Å²) < 4.78 is 0. The van der Waals surface area contributed by atoms with E-state index >= 15 is 0 Å². The molecule has 0 bridgehead atoms. The summed E-state index contributed by atoms with van der Waals surface area (Å²) in [6.45, 7) is 0. The van der Waals surface area contributed by atoms with Gasteiger partial charge in [-0.1, -0.05) is 29.8 Å². The summed E-state index contributed by atoms with van der Waals surface area (Å²) in [4.78, 5) is 11.9.